The second-order valence-electron chi connectivity index (χ2n) is 5.27. The molecule has 5 heteroatoms. The fourth-order valence-electron chi connectivity index (χ4n) is 2.98. The zero-order valence-electron chi connectivity index (χ0n) is 10.6. The molecule has 2 rings (SSSR count). The van der Waals surface area contributed by atoms with Gasteiger partial charge in [0.1, 0.15) is 0 Å². The molecule has 0 radical (unpaired) electrons. The standard InChI is InChI=1S/C13H22N2O3/c14-8-11(16)15-10-4-3-6-13(12(10)17)5-1-2-7-18-9-13/h1-2,10,12,17H,3-9,14H2,(H,15,16)/t10-,12+,13+/m1/s1. The fourth-order valence-corrected chi connectivity index (χ4v) is 2.98. The Balaban J connectivity index is 2.07. The summed E-state index contributed by atoms with van der Waals surface area (Å²) in [5, 5.41) is 13.4. The normalized spacial score (nSPS) is 36.3. The minimum absolute atomic E-state index is 0.0351. The number of carbonyl (C=O) groups excluding carboxylic acids is 1. The summed E-state index contributed by atoms with van der Waals surface area (Å²) in [4.78, 5) is 11.4. The van der Waals surface area contributed by atoms with E-state index in [9.17, 15) is 9.90 Å². The third-order valence-corrected chi connectivity index (χ3v) is 4.02. The second-order valence-corrected chi connectivity index (χ2v) is 5.27. The molecule has 4 N–H and O–H groups in total. The van der Waals surface area contributed by atoms with Crippen LogP contribution in [0.4, 0.5) is 0 Å². The maximum absolute atomic E-state index is 11.4. The van der Waals surface area contributed by atoms with Crippen molar-refractivity contribution < 1.29 is 14.6 Å². The van der Waals surface area contributed by atoms with Gasteiger partial charge in [0.15, 0.2) is 0 Å². The number of aliphatic hydroxyl groups excluding tert-OH is 1. The Labute approximate surface area is 107 Å². The van der Waals surface area contributed by atoms with Crippen molar-refractivity contribution >= 4 is 5.91 Å². The molecule has 5 nitrogen and oxygen atoms in total. The highest BCUT2D eigenvalue weighted by molar-refractivity contribution is 5.78. The molecule has 0 aromatic heterocycles. The molecular formula is C13H22N2O3. The molecule has 0 unspecified atom stereocenters. The van der Waals surface area contributed by atoms with Crippen LogP contribution in [0.5, 0.6) is 0 Å². The largest absolute Gasteiger partial charge is 0.390 e. The van der Waals surface area contributed by atoms with Crippen LogP contribution in [0.15, 0.2) is 12.2 Å². The summed E-state index contributed by atoms with van der Waals surface area (Å²) in [5.74, 6) is -0.207. The zero-order valence-corrected chi connectivity index (χ0v) is 10.6. The van der Waals surface area contributed by atoms with Crippen LogP contribution in [0.2, 0.25) is 0 Å². The van der Waals surface area contributed by atoms with Crippen LogP contribution >= 0.6 is 0 Å². The number of rotatable bonds is 2. The third-order valence-electron chi connectivity index (χ3n) is 4.02. The Morgan fingerprint density at radius 2 is 2.39 bits per heavy atom. The van der Waals surface area contributed by atoms with E-state index in [-0.39, 0.29) is 23.9 Å². The lowest BCUT2D eigenvalue weighted by Crippen LogP contribution is -2.56. The summed E-state index contributed by atoms with van der Waals surface area (Å²) in [6.45, 7) is 1.12. The smallest absolute Gasteiger partial charge is 0.234 e. The summed E-state index contributed by atoms with van der Waals surface area (Å²) in [5.41, 5.74) is 5.05. The van der Waals surface area contributed by atoms with Crippen LogP contribution in [0, 0.1) is 5.41 Å². The monoisotopic (exact) mass is 254 g/mol. The van der Waals surface area contributed by atoms with Gasteiger partial charge in [0.25, 0.3) is 0 Å². The molecule has 2 aliphatic rings. The first-order valence-electron chi connectivity index (χ1n) is 6.58. The zero-order chi connectivity index (χ0) is 13.0. The number of aliphatic hydroxyl groups is 1. The molecule has 1 aliphatic heterocycles. The number of hydrogen-bond donors (Lipinski definition) is 3. The number of allylic oxidation sites excluding steroid dienone is 1. The lowest BCUT2D eigenvalue weighted by atomic mass is 9.68. The Hall–Kier alpha value is -0.910. The van der Waals surface area contributed by atoms with Crippen molar-refractivity contribution in [3.8, 4) is 0 Å². The van der Waals surface area contributed by atoms with Crippen molar-refractivity contribution in [3.05, 3.63) is 12.2 Å². The van der Waals surface area contributed by atoms with Crippen LogP contribution in [-0.2, 0) is 9.53 Å². The molecule has 0 saturated heterocycles. The van der Waals surface area contributed by atoms with Crippen LogP contribution in [0.25, 0.3) is 0 Å². The highest BCUT2D eigenvalue weighted by atomic mass is 16.5. The van der Waals surface area contributed by atoms with Gasteiger partial charge in [-0.2, -0.15) is 0 Å². The Kier molecular flexibility index (Phi) is 4.37. The van der Waals surface area contributed by atoms with Crippen molar-refractivity contribution in [3.63, 3.8) is 0 Å². The van der Waals surface area contributed by atoms with Gasteiger partial charge in [-0.1, -0.05) is 18.6 Å². The molecule has 0 bridgehead atoms. The average Bonchev–Trinajstić information content (AvgIpc) is 2.61. The number of nitrogens with two attached hydrogens (primary N) is 1. The highest BCUT2D eigenvalue weighted by Crippen LogP contribution is 2.41. The number of ether oxygens (including phenoxy) is 1. The van der Waals surface area contributed by atoms with Crippen molar-refractivity contribution in [1.82, 2.24) is 5.32 Å². The lowest BCUT2D eigenvalue weighted by molar-refractivity contribution is -0.125. The lowest BCUT2D eigenvalue weighted by Gasteiger charge is -2.44. The molecule has 1 fully saturated rings. The van der Waals surface area contributed by atoms with Gasteiger partial charge in [-0.15, -0.1) is 0 Å². The minimum atomic E-state index is -0.565. The first-order valence-corrected chi connectivity index (χ1v) is 6.58. The van der Waals surface area contributed by atoms with E-state index in [0.717, 1.165) is 25.7 Å². The maximum atomic E-state index is 11.4. The van der Waals surface area contributed by atoms with Crippen molar-refractivity contribution in [1.29, 1.82) is 0 Å². The fraction of sp³-hybridized carbons (Fsp3) is 0.769. The molecule has 1 heterocycles. The SMILES string of the molecule is NCC(=O)N[C@@H]1CCC[C@]2(CC=CCOC2)[C@H]1O. The van der Waals surface area contributed by atoms with Crippen LogP contribution < -0.4 is 11.1 Å². The van der Waals surface area contributed by atoms with Crippen LogP contribution in [0.3, 0.4) is 0 Å². The summed E-state index contributed by atoms with van der Waals surface area (Å²) < 4.78 is 5.55. The van der Waals surface area contributed by atoms with Crippen LogP contribution in [-0.4, -0.2) is 42.9 Å². The van der Waals surface area contributed by atoms with E-state index in [2.05, 4.69) is 11.4 Å². The van der Waals surface area contributed by atoms with E-state index in [4.69, 9.17) is 10.5 Å². The summed E-state index contributed by atoms with van der Waals surface area (Å²) >= 11 is 0. The van der Waals surface area contributed by atoms with E-state index in [1.54, 1.807) is 0 Å². The molecule has 1 saturated carbocycles. The second kappa shape index (κ2) is 5.82. The van der Waals surface area contributed by atoms with Gasteiger partial charge in [-0.3, -0.25) is 4.79 Å². The van der Waals surface area contributed by atoms with E-state index in [0.29, 0.717) is 13.2 Å². The molecule has 102 valence electrons. The van der Waals surface area contributed by atoms with Gasteiger partial charge in [0.05, 0.1) is 31.9 Å². The molecule has 1 spiro atoms. The van der Waals surface area contributed by atoms with Crippen LogP contribution in [0.1, 0.15) is 25.7 Å². The first kappa shape index (κ1) is 13.5. The number of nitrogens with one attached hydrogen (secondary N) is 1. The molecule has 0 aromatic carbocycles. The van der Waals surface area contributed by atoms with E-state index < -0.39 is 6.10 Å². The molecule has 3 atom stereocenters. The van der Waals surface area contributed by atoms with Crippen molar-refractivity contribution in [2.24, 2.45) is 11.1 Å². The Morgan fingerprint density at radius 1 is 1.56 bits per heavy atom. The molecular weight excluding hydrogens is 232 g/mol. The molecule has 1 amide bonds. The number of hydrogen-bond acceptors (Lipinski definition) is 4. The quantitative estimate of drug-likeness (QED) is 0.603. The summed E-state index contributed by atoms with van der Waals surface area (Å²) in [6, 6.07) is -0.204. The van der Waals surface area contributed by atoms with E-state index in [1.807, 2.05) is 6.08 Å². The predicted octanol–water partition coefficient (Wildman–Crippen LogP) is -0.0624. The molecule has 1 aliphatic carbocycles. The minimum Gasteiger partial charge on any atom is -0.390 e. The number of amides is 1. The Bertz CT molecular complexity index is 332. The van der Waals surface area contributed by atoms with Gasteiger partial charge in [0.2, 0.25) is 5.91 Å². The molecule has 18 heavy (non-hydrogen) atoms. The molecule has 0 aromatic rings. The van der Waals surface area contributed by atoms with Crippen molar-refractivity contribution in [2.75, 3.05) is 19.8 Å². The third kappa shape index (κ3) is 2.74. The van der Waals surface area contributed by atoms with Gasteiger partial charge in [-0.25, -0.2) is 0 Å². The average molecular weight is 254 g/mol. The van der Waals surface area contributed by atoms with Gasteiger partial charge in [0, 0.05) is 5.41 Å². The highest BCUT2D eigenvalue weighted by Gasteiger charge is 2.45. The van der Waals surface area contributed by atoms with Gasteiger partial charge in [-0.05, 0) is 19.3 Å². The predicted molar refractivity (Wildman–Crippen MR) is 67.9 cm³/mol. The summed E-state index contributed by atoms with van der Waals surface area (Å²) in [7, 11) is 0. The topological polar surface area (TPSA) is 84.6 Å². The van der Waals surface area contributed by atoms with E-state index in [1.165, 1.54) is 0 Å². The Morgan fingerprint density at radius 3 is 3.17 bits per heavy atom. The summed E-state index contributed by atoms with van der Waals surface area (Å²) in [6.07, 6.45) is 7.04. The van der Waals surface area contributed by atoms with Gasteiger partial charge < -0.3 is 20.9 Å². The number of carbonyl (C=O) groups is 1. The van der Waals surface area contributed by atoms with E-state index >= 15 is 0 Å². The maximum Gasteiger partial charge on any atom is 0.234 e. The van der Waals surface area contributed by atoms with Gasteiger partial charge >= 0.3 is 0 Å². The van der Waals surface area contributed by atoms with Crippen molar-refractivity contribution in [2.45, 2.75) is 37.8 Å². The first-order chi connectivity index (χ1) is 8.68.